The highest BCUT2D eigenvalue weighted by atomic mass is 16.6. The highest BCUT2D eigenvalue weighted by Gasteiger charge is 2.44. The van der Waals surface area contributed by atoms with Gasteiger partial charge in [-0.15, -0.1) is 0 Å². The molecule has 0 aromatic heterocycles. The summed E-state index contributed by atoms with van der Waals surface area (Å²) in [6.45, 7) is 21.6. The number of amides is 2. The van der Waals surface area contributed by atoms with Crippen LogP contribution in [0, 0.1) is 0 Å². The molecule has 16 heteroatoms. The van der Waals surface area contributed by atoms with Gasteiger partial charge in [0.05, 0.1) is 91.3 Å². The fourth-order valence-electron chi connectivity index (χ4n) is 8.19. The van der Waals surface area contributed by atoms with Crippen LogP contribution in [0.15, 0.2) is 114 Å². The quantitative estimate of drug-likeness (QED) is 0.0203. The van der Waals surface area contributed by atoms with Gasteiger partial charge in [-0.1, -0.05) is 80.2 Å². The van der Waals surface area contributed by atoms with E-state index in [0.29, 0.717) is 131 Å². The van der Waals surface area contributed by atoms with Gasteiger partial charge in [0.15, 0.2) is 12.3 Å². The summed E-state index contributed by atoms with van der Waals surface area (Å²) in [5, 5.41) is 6.24. The molecular formula is C51H70N7O9+. The van der Waals surface area contributed by atoms with Gasteiger partial charge < -0.3 is 48.3 Å². The van der Waals surface area contributed by atoms with Crippen molar-refractivity contribution in [2.24, 2.45) is 5.11 Å². The van der Waals surface area contributed by atoms with Crippen molar-refractivity contribution in [3.05, 3.63) is 131 Å². The number of rotatable bonds is 33. The summed E-state index contributed by atoms with van der Waals surface area (Å²) in [6, 6.07) is 17.2. The molecule has 67 heavy (non-hydrogen) atoms. The van der Waals surface area contributed by atoms with E-state index >= 15 is 0 Å². The summed E-state index contributed by atoms with van der Waals surface area (Å²) in [4.78, 5) is 30.4. The van der Waals surface area contributed by atoms with Gasteiger partial charge in [-0.3, -0.25) is 9.59 Å². The summed E-state index contributed by atoms with van der Waals surface area (Å²) in [7, 11) is 0. The number of anilines is 1. The average molecular weight is 925 g/mol. The van der Waals surface area contributed by atoms with Crippen LogP contribution in [0.3, 0.4) is 0 Å². The van der Waals surface area contributed by atoms with Crippen molar-refractivity contribution in [1.82, 2.24) is 10.2 Å². The standard InChI is InChI=1S/C51H69N7O9/c1-41-19-20-49(60)56(41)24-22-53-48(59)21-27-61-31-35-65-39-40-67-38-34-64-30-26-58-45-16-12-10-14-43(45)51(4,5)47(58)18-8-6-7-17-46-50(2,3)42-13-9-11-15-44(42)57(46)25-29-63-33-37-66-36-32-62-28-23-54-55-52/h6-20H,1,21-40H2,2-5H3/p+1. The summed E-state index contributed by atoms with van der Waals surface area (Å²) >= 11 is 0. The first-order valence-electron chi connectivity index (χ1n) is 23.2. The summed E-state index contributed by atoms with van der Waals surface area (Å²) in [5.41, 5.74) is 16.0. The molecule has 16 nitrogen and oxygen atoms in total. The van der Waals surface area contributed by atoms with Crippen molar-refractivity contribution in [3.63, 3.8) is 0 Å². The third-order valence-corrected chi connectivity index (χ3v) is 11.7. The highest BCUT2D eigenvalue weighted by molar-refractivity contribution is 6.03. The van der Waals surface area contributed by atoms with Crippen LogP contribution in [-0.2, 0) is 53.6 Å². The molecule has 3 aliphatic rings. The van der Waals surface area contributed by atoms with Crippen LogP contribution in [0.1, 0.15) is 45.2 Å². The number of azide groups is 1. The zero-order chi connectivity index (χ0) is 47.7. The second-order valence-corrected chi connectivity index (χ2v) is 16.9. The molecule has 0 saturated carbocycles. The molecular weight excluding hydrogens is 855 g/mol. The maximum atomic E-state index is 12.0. The first kappa shape index (κ1) is 52.5. The van der Waals surface area contributed by atoms with Crippen molar-refractivity contribution in [1.29, 1.82) is 0 Å². The van der Waals surface area contributed by atoms with Crippen molar-refractivity contribution in [2.45, 2.75) is 44.9 Å². The summed E-state index contributed by atoms with van der Waals surface area (Å²) in [6.07, 6.45) is 14.2. The van der Waals surface area contributed by atoms with E-state index < -0.39 is 0 Å². The molecule has 3 aliphatic heterocycles. The molecule has 2 amide bonds. The normalized spacial score (nSPS) is 16.6. The van der Waals surface area contributed by atoms with Gasteiger partial charge in [-0.25, -0.2) is 0 Å². The fraction of sp³-hybridized carbons (Fsp3) is 0.510. The Hall–Kier alpha value is -5.42. The van der Waals surface area contributed by atoms with Crippen molar-refractivity contribution in [2.75, 3.05) is 130 Å². The van der Waals surface area contributed by atoms with Crippen molar-refractivity contribution >= 4 is 28.9 Å². The lowest BCUT2D eigenvalue weighted by Crippen LogP contribution is -2.35. The van der Waals surface area contributed by atoms with Crippen LogP contribution in [0.2, 0.25) is 0 Å². The first-order valence-corrected chi connectivity index (χ1v) is 23.2. The van der Waals surface area contributed by atoms with Gasteiger partial charge in [-0.2, -0.15) is 4.58 Å². The minimum atomic E-state index is -0.188. The number of hydrogen-bond acceptors (Lipinski definition) is 11. The Labute approximate surface area is 396 Å². The number of nitrogens with one attached hydrogen (secondary N) is 1. The molecule has 0 saturated heterocycles. The Morgan fingerprint density at radius 3 is 1.97 bits per heavy atom. The molecule has 362 valence electrons. The Morgan fingerprint density at radius 1 is 0.716 bits per heavy atom. The molecule has 3 heterocycles. The molecule has 0 aliphatic carbocycles. The second kappa shape index (κ2) is 28.0. The zero-order valence-electron chi connectivity index (χ0n) is 39.9. The monoisotopic (exact) mass is 925 g/mol. The minimum absolute atomic E-state index is 0.119. The van der Waals surface area contributed by atoms with Gasteiger partial charge in [-0.05, 0) is 43.2 Å². The lowest BCUT2D eigenvalue weighted by molar-refractivity contribution is -0.442. The molecule has 2 aromatic rings. The number of carbonyl (C=O) groups is 2. The highest BCUT2D eigenvalue weighted by Crippen LogP contribution is 2.47. The van der Waals surface area contributed by atoms with E-state index in [9.17, 15) is 9.59 Å². The molecule has 5 rings (SSSR count). The van der Waals surface area contributed by atoms with Gasteiger partial charge in [0.2, 0.25) is 11.6 Å². The van der Waals surface area contributed by atoms with Gasteiger partial charge in [0, 0.05) is 83.8 Å². The van der Waals surface area contributed by atoms with Gasteiger partial charge in [0.1, 0.15) is 6.61 Å². The fourth-order valence-corrected chi connectivity index (χ4v) is 8.19. The molecule has 0 atom stereocenters. The predicted molar refractivity (Wildman–Crippen MR) is 260 cm³/mol. The Morgan fingerprint density at radius 2 is 1.31 bits per heavy atom. The van der Waals surface area contributed by atoms with Crippen molar-refractivity contribution < 1.29 is 47.3 Å². The molecule has 0 bridgehead atoms. The van der Waals surface area contributed by atoms with Gasteiger partial charge >= 0.3 is 0 Å². The molecule has 1 N–H and O–H groups in total. The number of carbonyl (C=O) groups excluding carboxylic acids is 2. The Bertz CT molecular complexity index is 2120. The third-order valence-electron chi connectivity index (χ3n) is 11.7. The van der Waals surface area contributed by atoms with Gasteiger partial charge in [0.25, 0.3) is 5.91 Å². The molecule has 0 fully saturated rings. The lowest BCUT2D eigenvalue weighted by atomic mass is 9.81. The first-order chi connectivity index (χ1) is 32.6. The zero-order valence-corrected chi connectivity index (χ0v) is 39.9. The number of nitrogens with zero attached hydrogens (tertiary/aromatic N) is 6. The van der Waals surface area contributed by atoms with Crippen LogP contribution in [0.4, 0.5) is 11.4 Å². The smallest absolute Gasteiger partial charge is 0.251 e. The number of allylic oxidation sites excluding steroid dienone is 7. The van der Waals surface area contributed by atoms with Crippen molar-refractivity contribution in [3.8, 4) is 0 Å². The van der Waals surface area contributed by atoms with E-state index in [4.69, 9.17) is 38.7 Å². The number of hydrogen-bond donors (Lipinski definition) is 1. The van der Waals surface area contributed by atoms with Crippen LogP contribution >= 0.6 is 0 Å². The van der Waals surface area contributed by atoms with Crippen LogP contribution < -0.4 is 10.2 Å². The maximum Gasteiger partial charge on any atom is 0.251 e. The largest absolute Gasteiger partial charge is 0.379 e. The SMILES string of the molecule is C=C1C=CC(=O)N1CCNC(=O)CCOCCOCCOCCOCC[N+]1=C(C=CC=CC=C2N(CCOCCOCCOCCN=[N+]=[N-])c3ccccc3C2(C)C)C(C)(C)c2ccccc21. The molecule has 2 aromatic carbocycles. The second-order valence-electron chi connectivity index (χ2n) is 16.9. The number of benzene rings is 2. The molecule has 0 unspecified atom stereocenters. The predicted octanol–water partition coefficient (Wildman–Crippen LogP) is 6.70. The Balaban J connectivity index is 1.00. The number of fused-ring (bicyclic) bond motifs is 2. The van der Waals surface area contributed by atoms with E-state index in [0.717, 1.165) is 0 Å². The van der Waals surface area contributed by atoms with E-state index in [1.165, 1.54) is 44.9 Å². The number of para-hydroxylation sites is 2. The Kier molecular flexibility index (Phi) is 22.0. The van der Waals surface area contributed by atoms with E-state index in [2.05, 4.69) is 138 Å². The maximum absolute atomic E-state index is 12.0. The summed E-state index contributed by atoms with van der Waals surface area (Å²) in [5.74, 6) is -0.251. The molecule has 0 spiro atoms. The topological polar surface area (TPSA) is 169 Å². The molecule has 0 radical (unpaired) electrons. The van der Waals surface area contributed by atoms with E-state index in [-0.39, 0.29) is 29.1 Å². The minimum Gasteiger partial charge on any atom is -0.379 e. The van der Waals surface area contributed by atoms with E-state index in [1.54, 1.807) is 6.08 Å². The van der Waals surface area contributed by atoms with E-state index in [1.807, 2.05) is 0 Å². The van der Waals surface area contributed by atoms with Crippen LogP contribution in [0.25, 0.3) is 10.4 Å². The van der Waals surface area contributed by atoms with Crippen LogP contribution in [0.5, 0.6) is 0 Å². The van der Waals surface area contributed by atoms with Crippen LogP contribution in [-0.4, -0.2) is 152 Å². The average Bonchev–Trinajstić information content (AvgIpc) is 3.84. The summed E-state index contributed by atoms with van der Waals surface area (Å²) < 4.78 is 42.2. The number of ether oxygens (including phenoxy) is 7. The third kappa shape index (κ3) is 15.8. The lowest BCUT2D eigenvalue weighted by Gasteiger charge is -2.27.